The van der Waals surface area contributed by atoms with E-state index in [1.54, 1.807) is 23.1 Å². The number of carbonyl (C=O) groups is 2. The number of carbonyl (C=O) groups excluding carboxylic acids is 2. The van der Waals surface area contributed by atoms with Crippen molar-refractivity contribution in [3.8, 4) is 22.8 Å². The van der Waals surface area contributed by atoms with Crippen LogP contribution in [0.15, 0.2) is 54.7 Å². The molecule has 0 atom stereocenters. The monoisotopic (exact) mass is 479 g/mol. The Balaban J connectivity index is 1.48. The van der Waals surface area contributed by atoms with Gasteiger partial charge in [-0.2, -0.15) is 0 Å². The van der Waals surface area contributed by atoms with Crippen LogP contribution < -0.4 is 4.74 Å². The lowest BCUT2D eigenvalue weighted by atomic mass is 10.1. The molecule has 1 aliphatic heterocycles. The quantitative estimate of drug-likeness (QED) is 0.421. The molecule has 1 aliphatic rings. The van der Waals surface area contributed by atoms with Gasteiger partial charge in [0.05, 0.1) is 24.0 Å². The fourth-order valence-electron chi connectivity index (χ4n) is 3.67. The number of ether oxygens (including phenoxy) is 2. The lowest BCUT2D eigenvalue weighted by Crippen LogP contribution is -2.35. The number of hydrogen-bond donors (Lipinski definition) is 0. The van der Waals surface area contributed by atoms with E-state index in [2.05, 4.69) is 4.98 Å². The van der Waals surface area contributed by atoms with Crippen LogP contribution in [0.2, 0.25) is 5.02 Å². The van der Waals surface area contributed by atoms with Crippen molar-refractivity contribution in [2.45, 2.75) is 26.4 Å². The van der Waals surface area contributed by atoms with Crippen LogP contribution in [-0.4, -0.2) is 45.5 Å². The lowest BCUT2D eigenvalue weighted by Gasteiger charge is -2.24. The summed E-state index contributed by atoms with van der Waals surface area (Å²) in [6.45, 7) is 6.50. The van der Waals surface area contributed by atoms with E-state index >= 15 is 0 Å². The van der Waals surface area contributed by atoms with E-state index in [0.717, 1.165) is 28.9 Å². The third-order valence-corrected chi connectivity index (χ3v) is 5.56. The van der Waals surface area contributed by atoms with Gasteiger partial charge in [-0.3, -0.25) is 4.79 Å². The molecule has 3 aromatic rings. The average Bonchev–Trinajstić information content (AvgIpc) is 3.40. The second-order valence-electron chi connectivity index (χ2n) is 9.04. The molecule has 8 heteroatoms. The fraction of sp³-hybridized carbons (Fsp3) is 0.269. The first-order valence-corrected chi connectivity index (χ1v) is 11.2. The van der Waals surface area contributed by atoms with Gasteiger partial charge in [-0.25, -0.2) is 9.78 Å². The minimum absolute atomic E-state index is 0.332. The molecule has 34 heavy (non-hydrogen) atoms. The van der Waals surface area contributed by atoms with Crippen molar-refractivity contribution in [2.24, 2.45) is 7.05 Å². The van der Waals surface area contributed by atoms with Gasteiger partial charge in [0, 0.05) is 35.8 Å². The SMILES string of the molecule is Cn1c(-c2ccc(Oc3cc(Cl)ccc3C=O)cc2)cnc1C1=CCN(C(=O)OC(C)(C)C)C1. The van der Waals surface area contributed by atoms with Crippen molar-refractivity contribution in [3.63, 3.8) is 0 Å². The van der Waals surface area contributed by atoms with E-state index < -0.39 is 5.60 Å². The Kier molecular flexibility index (Phi) is 6.48. The minimum Gasteiger partial charge on any atom is -0.457 e. The first-order valence-electron chi connectivity index (χ1n) is 10.9. The Hall–Kier alpha value is -3.58. The zero-order valence-electron chi connectivity index (χ0n) is 19.5. The highest BCUT2D eigenvalue weighted by atomic mass is 35.5. The van der Waals surface area contributed by atoms with Gasteiger partial charge < -0.3 is 18.9 Å². The molecule has 0 saturated carbocycles. The Bertz CT molecular complexity index is 1260. The Morgan fingerprint density at radius 3 is 2.56 bits per heavy atom. The van der Waals surface area contributed by atoms with Crippen LogP contribution in [0.1, 0.15) is 37.0 Å². The Morgan fingerprint density at radius 2 is 1.88 bits per heavy atom. The van der Waals surface area contributed by atoms with Gasteiger partial charge in [0.25, 0.3) is 0 Å². The summed E-state index contributed by atoms with van der Waals surface area (Å²) in [6, 6.07) is 12.4. The van der Waals surface area contributed by atoms with Gasteiger partial charge in [0.15, 0.2) is 6.29 Å². The zero-order chi connectivity index (χ0) is 24.5. The maximum atomic E-state index is 12.4. The Morgan fingerprint density at radius 1 is 1.15 bits per heavy atom. The second-order valence-corrected chi connectivity index (χ2v) is 9.48. The van der Waals surface area contributed by atoms with Crippen LogP contribution >= 0.6 is 11.6 Å². The highest BCUT2D eigenvalue weighted by Crippen LogP contribution is 2.31. The number of imidazole rings is 1. The van der Waals surface area contributed by atoms with E-state index in [4.69, 9.17) is 21.1 Å². The predicted octanol–water partition coefficient (Wildman–Crippen LogP) is 5.98. The Labute approximate surface area is 203 Å². The molecule has 0 N–H and O–H groups in total. The number of aldehydes is 1. The molecule has 0 spiro atoms. The number of benzene rings is 2. The topological polar surface area (TPSA) is 73.7 Å². The summed E-state index contributed by atoms with van der Waals surface area (Å²) in [5.41, 5.74) is 2.75. The summed E-state index contributed by atoms with van der Waals surface area (Å²) in [7, 11) is 1.95. The predicted molar refractivity (Wildman–Crippen MR) is 131 cm³/mol. The first kappa shape index (κ1) is 23.6. The van der Waals surface area contributed by atoms with Crippen LogP contribution in [0.4, 0.5) is 4.79 Å². The maximum absolute atomic E-state index is 12.4. The lowest BCUT2D eigenvalue weighted by molar-refractivity contribution is 0.0306. The fourth-order valence-corrected chi connectivity index (χ4v) is 3.84. The summed E-state index contributed by atoms with van der Waals surface area (Å²) in [4.78, 5) is 29.9. The first-order chi connectivity index (χ1) is 16.1. The molecular formula is C26H26ClN3O4. The molecule has 0 radical (unpaired) electrons. The molecule has 0 aliphatic carbocycles. The van der Waals surface area contributed by atoms with Crippen molar-refractivity contribution < 1.29 is 19.1 Å². The van der Waals surface area contributed by atoms with Crippen molar-refractivity contribution in [1.82, 2.24) is 14.5 Å². The highest BCUT2D eigenvalue weighted by molar-refractivity contribution is 6.30. The minimum atomic E-state index is -0.534. The number of halogens is 1. The molecule has 0 unspecified atom stereocenters. The van der Waals surface area contributed by atoms with Crippen LogP contribution in [0.3, 0.4) is 0 Å². The summed E-state index contributed by atoms with van der Waals surface area (Å²) in [6.07, 6.45) is 4.21. The number of amides is 1. The van der Waals surface area contributed by atoms with Crippen LogP contribution in [0.25, 0.3) is 16.8 Å². The molecule has 0 bridgehead atoms. The van der Waals surface area contributed by atoms with Gasteiger partial charge in [0.1, 0.15) is 22.9 Å². The third-order valence-electron chi connectivity index (χ3n) is 5.33. The van der Waals surface area contributed by atoms with Crippen molar-refractivity contribution >= 4 is 29.6 Å². The van der Waals surface area contributed by atoms with Gasteiger partial charge in [-0.1, -0.05) is 17.7 Å². The van der Waals surface area contributed by atoms with E-state index in [1.165, 1.54) is 0 Å². The molecule has 0 saturated heterocycles. The average molecular weight is 480 g/mol. The van der Waals surface area contributed by atoms with Gasteiger partial charge >= 0.3 is 6.09 Å². The van der Waals surface area contributed by atoms with Gasteiger partial charge in [-0.15, -0.1) is 0 Å². The summed E-state index contributed by atoms with van der Waals surface area (Å²) in [5.74, 6) is 1.79. The standard InChI is InChI=1S/C26H26ClN3O4/c1-26(2,3)34-25(32)30-12-11-18(15-30)24-28-14-22(29(24)4)17-6-9-21(10-7-17)33-23-13-20(27)8-5-19(23)16-31/h5-11,13-14,16H,12,15H2,1-4H3. The van der Waals surface area contributed by atoms with Crippen LogP contribution in [-0.2, 0) is 11.8 Å². The van der Waals surface area contributed by atoms with Gasteiger partial charge in [-0.05, 0) is 57.2 Å². The van der Waals surface area contributed by atoms with E-state index in [1.807, 2.05) is 68.9 Å². The largest absolute Gasteiger partial charge is 0.457 e. The molecule has 7 nitrogen and oxygen atoms in total. The summed E-state index contributed by atoms with van der Waals surface area (Å²) >= 11 is 6.03. The van der Waals surface area contributed by atoms with E-state index in [9.17, 15) is 9.59 Å². The highest BCUT2D eigenvalue weighted by Gasteiger charge is 2.27. The van der Waals surface area contributed by atoms with Crippen molar-refractivity contribution in [2.75, 3.05) is 13.1 Å². The third kappa shape index (κ3) is 5.15. The van der Waals surface area contributed by atoms with Crippen LogP contribution in [0, 0.1) is 0 Å². The molecule has 1 amide bonds. The number of nitrogens with zero attached hydrogens (tertiary/aromatic N) is 3. The van der Waals surface area contributed by atoms with E-state index in [0.29, 0.717) is 35.2 Å². The van der Waals surface area contributed by atoms with Crippen molar-refractivity contribution in [1.29, 1.82) is 0 Å². The molecule has 2 heterocycles. The smallest absolute Gasteiger partial charge is 0.410 e. The zero-order valence-corrected chi connectivity index (χ0v) is 20.3. The molecule has 4 rings (SSSR count). The summed E-state index contributed by atoms with van der Waals surface area (Å²) in [5, 5.41) is 0.492. The molecular weight excluding hydrogens is 454 g/mol. The van der Waals surface area contributed by atoms with Crippen LogP contribution in [0.5, 0.6) is 11.5 Å². The second kappa shape index (κ2) is 9.35. The maximum Gasteiger partial charge on any atom is 0.410 e. The normalized spacial score (nSPS) is 13.6. The summed E-state index contributed by atoms with van der Waals surface area (Å²) < 4.78 is 13.3. The van der Waals surface area contributed by atoms with E-state index in [-0.39, 0.29) is 6.09 Å². The molecule has 0 fully saturated rings. The van der Waals surface area contributed by atoms with Crippen molar-refractivity contribution in [3.05, 3.63) is 71.1 Å². The molecule has 1 aromatic heterocycles. The number of aromatic nitrogens is 2. The number of rotatable bonds is 5. The van der Waals surface area contributed by atoms with Gasteiger partial charge in [0.2, 0.25) is 0 Å². The molecule has 176 valence electrons. The molecule has 2 aromatic carbocycles. The number of hydrogen-bond acceptors (Lipinski definition) is 5.